The highest BCUT2D eigenvalue weighted by Crippen LogP contribution is 2.20. The lowest BCUT2D eigenvalue weighted by Crippen LogP contribution is -1.94. The van der Waals surface area contributed by atoms with Crippen LogP contribution in [0.25, 0.3) is 6.08 Å². The third-order valence-corrected chi connectivity index (χ3v) is 3.61. The van der Waals surface area contributed by atoms with Crippen molar-refractivity contribution in [3.05, 3.63) is 57.8 Å². The summed E-state index contributed by atoms with van der Waals surface area (Å²) in [7, 11) is 1.66. The van der Waals surface area contributed by atoms with Crippen molar-refractivity contribution in [2.45, 2.75) is 13.2 Å². The normalized spacial score (nSPS) is 10.9. The molecule has 2 aromatic rings. The van der Waals surface area contributed by atoms with E-state index in [4.69, 9.17) is 14.6 Å². The fourth-order valence-electron chi connectivity index (χ4n) is 1.77. The van der Waals surface area contributed by atoms with Gasteiger partial charge >= 0.3 is 5.97 Å². The van der Waals surface area contributed by atoms with Crippen LogP contribution in [0.4, 0.5) is 0 Å². The first-order chi connectivity index (χ1) is 10.2. The summed E-state index contributed by atoms with van der Waals surface area (Å²) in [5, 5.41) is 10.5. The summed E-state index contributed by atoms with van der Waals surface area (Å²) in [6, 6.07) is 9.68. The predicted octanol–water partition coefficient (Wildman–Crippen LogP) is 3.57. The van der Waals surface area contributed by atoms with E-state index in [1.807, 2.05) is 35.7 Å². The molecule has 0 radical (unpaired) electrons. The fourth-order valence-corrected chi connectivity index (χ4v) is 2.54. The van der Waals surface area contributed by atoms with Crippen LogP contribution in [0, 0.1) is 0 Å². The minimum absolute atomic E-state index is 0.460. The van der Waals surface area contributed by atoms with Crippen molar-refractivity contribution in [1.29, 1.82) is 0 Å². The van der Waals surface area contributed by atoms with Gasteiger partial charge in [-0.15, -0.1) is 11.3 Å². The molecule has 4 nitrogen and oxygen atoms in total. The van der Waals surface area contributed by atoms with Gasteiger partial charge in [-0.25, -0.2) is 4.79 Å². The number of aliphatic carboxylic acids is 1. The highest BCUT2D eigenvalue weighted by atomic mass is 32.1. The molecule has 1 aromatic carbocycles. The number of hydrogen-bond acceptors (Lipinski definition) is 4. The van der Waals surface area contributed by atoms with Crippen molar-refractivity contribution in [3.8, 4) is 5.75 Å². The summed E-state index contributed by atoms with van der Waals surface area (Å²) in [6.45, 7) is 1.02. The van der Waals surface area contributed by atoms with Gasteiger partial charge in [-0.1, -0.05) is 12.1 Å². The number of carboxylic acid groups (broad SMARTS) is 1. The number of benzene rings is 1. The number of carboxylic acids is 1. The molecular formula is C16H16O4S. The summed E-state index contributed by atoms with van der Waals surface area (Å²) in [5.41, 5.74) is 1.93. The second-order valence-electron chi connectivity index (χ2n) is 4.39. The first-order valence-corrected chi connectivity index (χ1v) is 7.24. The van der Waals surface area contributed by atoms with Crippen molar-refractivity contribution in [3.63, 3.8) is 0 Å². The molecule has 0 aliphatic heterocycles. The van der Waals surface area contributed by atoms with E-state index in [1.165, 1.54) is 0 Å². The van der Waals surface area contributed by atoms with E-state index < -0.39 is 5.97 Å². The van der Waals surface area contributed by atoms with Gasteiger partial charge in [0.1, 0.15) is 12.4 Å². The first-order valence-electron chi connectivity index (χ1n) is 6.36. The third kappa shape index (κ3) is 5.06. The number of hydrogen-bond donors (Lipinski definition) is 1. The zero-order valence-electron chi connectivity index (χ0n) is 11.6. The average molecular weight is 304 g/mol. The van der Waals surface area contributed by atoms with Gasteiger partial charge in [-0.05, 0) is 40.8 Å². The minimum atomic E-state index is -0.950. The molecule has 0 saturated heterocycles. The average Bonchev–Trinajstić information content (AvgIpc) is 2.92. The molecule has 2 rings (SSSR count). The lowest BCUT2D eigenvalue weighted by atomic mass is 10.2. The van der Waals surface area contributed by atoms with E-state index in [0.29, 0.717) is 13.2 Å². The molecule has 0 aliphatic carbocycles. The van der Waals surface area contributed by atoms with E-state index in [9.17, 15) is 4.79 Å². The Morgan fingerprint density at radius 2 is 2.19 bits per heavy atom. The Morgan fingerprint density at radius 3 is 2.95 bits per heavy atom. The van der Waals surface area contributed by atoms with Crippen molar-refractivity contribution in [1.82, 2.24) is 0 Å². The Balaban J connectivity index is 1.94. The fraction of sp³-hybridized carbons (Fsp3) is 0.188. The van der Waals surface area contributed by atoms with Crippen LogP contribution >= 0.6 is 11.3 Å². The Bertz CT molecular complexity index is 631. The van der Waals surface area contributed by atoms with Gasteiger partial charge in [-0.3, -0.25) is 0 Å². The van der Waals surface area contributed by atoms with Crippen molar-refractivity contribution >= 4 is 23.4 Å². The summed E-state index contributed by atoms with van der Waals surface area (Å²) < 4.78 is 10.8. The Kier molecular flexibility index (Phi) is 5.54. The largest absolute Gasteiger partial charge is 0.488 e. The Labute approximate surface area is 127 Å². The lowest BCUT2D eigenvalue weighted by molar-refractivity contribution is -0.131. The monoisotopic (exact) mass is 304 g/mol. The third-order valence-electron chi connectivity index (χ3n) is 2.68. The molecule has 1 N–H and O–H groups in total. The smallest absolute Gasteiger partial charge is 0.328 e. The molecule has 0 bridgehead atoms. The van der Waals surface area contributed by atoms with Crippen molar-refractivity contribution < 1.29 is 19.4 Å². The van der Waals surface area contributed by atoms with E-state index >= 15 is 0 Å². The van der Waals surface area contributed by atoms with Crippen molar-refractivity contribution in [2.24, 2.45) is 0 Å². The summed E-state index contributed by atoms with van der Waals surface area (Å²) in [5.74, 6) is -0.158. The number of methoxy groups -OCH3 is 1. The van der Waals surface area contributed by atoms with Crippen LogP contribution in [0.3, 0.4) is 0 Å². The van der Waals surface area contributed by atoms with E-state index in [1.54, 1.807) is 24.5 Å². The Morgan fingerprint density at radius 1 is 1.33 bits per heavy atom. The second-order valence-corrected chi connectivity index (χ2v) is 5.38. The number of ether oxygens (including phenoxy) is 2. The Hall–Kier alpha value is -2.11. The highest BCUT2D eigenvalue weighted by molar-refractivity contribution is 7.10. The molecule has 0 fully saturated rings. The van der Waals surface area contributed by atoms with Crippen LogP contribution in [0.15, 0.2) is 41.8 Å². The van der Waals surface area contributed by atoms with Crippen LogP contribution in [-0.2, 0) is 22.7 Å². The maximum atomic E-state index is 10.5. The molecule has 110 valence electrons. The molecule has 0 spiro atoms. The van der Waals surface area contributed by atoms with Crippen LogP contribution in [0.5, 0.6) is 5.75 Å². The van der Waals surface area contributed by atoms with Crippen LogP contribution in [-0.4, -0.2) is 18.2 Å². The summed E-state index contributed by atoms with van der Waals surface area (Å²) >= 11 is 1.54. The molecule has 0 unspecified atom stereocenters. The molecule has 1 aromatic heterocycles. The number of thiophene rings is 1. The SMILES string of the molecule is COCc1cccc(OCc2cc(C=CC(=O)O)cs2)c1. The maximum Gasteiger partial charge on any atom is 0.328 e. The quantitative estimate of drug-likeness (QED) is 0.795. The van der Waals surface area contributed by atoms with Crippen molar-refractivity contribution in [2.75, 3.05) is 7.11 Å². The van der Waals surface area contributed by atoms with Gasteiger partial charge in [0, 0.05) is 18.1 Å². The van der Waals surface area contributed by atoms with Gasteiger partial charge in [0.2, 0.25) is 0 Å². The maximum absolute atomic E-state index is 10.5. The molecule has 0 amide bonds. The number of carbonyl (C=O) groups is 1. The van der Waals surface area contributed by atoms with E-state index in [2.05, 4.69) is 0 Å². The van der Waals surface area contributed by atoms with Gasteiger partial charge < -0.3 is 14.6 Å². The molecule has 0 atom stereocenters. The van der Waals surface area contributed by atoms with E-state index in [-0.39, 0.29) is 0 Å². The molecule has 21 heavy (non-hydrogen) atoms. The number of rotatable bonds is 7. The zero-order valence-corrected chi connectivity index (χ0v) is 12.4. The van der Waals surface area contributed by atoms with Gasteiger partial charge in [0.05, 0.1) is 6.61 Å². The van der Waals surface area contributed by atoms with Gasteiger partial charge in [-0.2, -0.15) is 0 Å². The molecule has 0 saturated carbocycles. The molecular weight excluding hydrogens is 288 g/mol. The summed E-state index contributed by atoms with van der Waals surface area (Å²) in [4.78, 5) is 11.5. The molecule has 0 aliphatic rings. The topological polar surface area (TPSA) is 55.8 Å². The summed E-state index contributed by atoms with van der Waals surface area (Å²) in [6.07, 6.45) is 2.70. The first kappa shape index (κ1) is 15.3. The zero-order chi connectivity index (χ0) is 15.1. The predicted molar refractivity (Wildman–Crippen MR) is 82.5 cm³/mol. The van der Waals surface area contributed by atoms with Gasteiger partial charge in [0.15, 0.2) is 0 Å². The van der Waals surface area contributed by atoms with Gasteiger partial charge in [0.25, 0.3) is 0 Å². The highest BCUT2D eigenvalue weighted by Gasteiger charge is 2.01. The lowest BCUT2D eigenvalue weighted by Gasteiger charge is -2.06. The van der Waals surface area contributed by atoms with Crippen LogP contribution in [0.2, 0.25) is 0 Å². The van der Waals surface area contributed by atoms with E-state index in [0.717, 1.165) is 27.8 Å². The van der Waals surface area contributed by atoms with Crippen LogP contribution < -0.4 is 4.74 Å². The standard InChI is InChI=1S/C16H16O4S/c1-19-9-12-3-2-4-14(7-12)20-10-15-8-13(11-21-15)5-6-16(17)18/h2-8,11H,9-10H2,1H3,(H,17,18). The second kappa shape index (κ2) is 7.61. The van der Waals surface area contributed by atoms with Crippen LogP contribution in [0.1, 0.15) is 16.0 Å². The molecule has 5 heteroatoms. The minimum Gasteiger partial charge on any atom is -0.488 e. The molecule has 1 heterocycles.